The van der Waals surface area contributed by atoms with Crippen molar-refractivity contribution in [2.24, 2.45) is 0 Å². The van der Waals surface area contributed by atoms with Crippen molar-refractivity contribution in [3.05, 3.63) is 47.5 Å². The summed E-state index contributed by atoms with van der Waals surface area (Å²) in [5, 5.41) is 6.04. The number of amides is 3. The quantitative estimate of drug-likeness (QED) is 0.871. The molecule has 0 saturated carbocycles. The Balaban J connectivity index is 1.70. The first kappa shape index (κ1) is 16.1. The molecule has 0 atom stereocenters. The van der Waals surface area contributed by atoms with E-state index in [1.807, 2.05) is 0 Å². The third-order valence-electron chi connectivity index (χ3n) is 3.56. The van der Waals surface area contributed by atoms with Gasteiger partial charge in [-0.15, -0.1) is 0 Å². The standard InChI is InChI=1S/C17H16ClN3O3/c1-11(22)21-8-9-24-16-10-14(6-7-15(16)21)20-17(23)19-13-4-2-12(18)3-5-13/h2-7,10H,8-9H2,1H3,(H2,19,20,23). The number of carbonyl (C=O) groups is 2. The highest BCUT2D eigenvalue weighted by atomic mass is 35.5. The molecule has 2 aromatic rings. The largest absolute Gasteiger partial charge is 0.489 e. The Morgan fingerprint density at radius 3 is 2.46 bits per heavy atom. The molecule has 1 aliphatic rings. The summed E-state index contributed by atoms with van der Waals surface area (Å²) in [4.78, 5) is 25.3. The van der Waals surface area contributed by atoms with Crippen molar-refractivity contribution in [2.75, 3.05) is 28.7 Å². The van der Waals surface area contributed by atoms with Crippen LogP contribution in [0.5, 0.6) is 5.75 Å². The van der Waals surface area contributed by atoms with Crippen LogP contribution in [0, 0.1) is 0 Å². The van der Waals surface area contributed by atoms with Crippen LogP contribution in [0.3, 0.4) is 0 Å². The molecule has 6 nitrogen and oxygen atoms in total. The third kappa shape index (κ3) is 3.60. The Morgan fingerprint density at radius 1 is 1.08 bits per heavy atom. The Morgan fingerprint density at radius 2 is 1.75 bits per heavy atom. The molecule has 0 bridgehead atoms. The molecule has 2 aromatic carbocycles. The van der Waals surface area contributed by atoms with E-state index in [4.69, 9.17) is 16.3 Å². The van der Waals surface area contributed by atoms with Gasteiger partial charge in [0.2, 0.25) is 5.91 Å². The number of urea groups is 1. The number of halogens is 1. The smallest absolute Gasteiger partial charge is 0.323 e. The number of nitrogens with zero attached hydrogens (tertiary/aromatic N) is 1. The van der Waals surface area contributed by atoms with Gasteiger partial charge >= 0.3 is 6.03 Å². The maximum atomic E-state index is 12.0. The molecule has 3 rings (SSSR count). The molecule has 2 N–H and O–H groups in total. The van der Waals surface area contributed by atoms with E-state index >= 15 is 0 Å². The number of anilines is 3. The summed E-state index contributed by atoms with van der Waals surface area (Å²) >= 11 is 5.81. The predicted molar refractivity (Wildman–Crippen MR) is 94.1 cm³/mol. The van der Waals surface area contributed by atoms with Crippen LogP contribution in [0.4, 0.5) is 21.9 Å². The molecular formula is C17H16ClN3O3. The van der Waals surface area contributed by atoms with Crippen LogP contribution >= 0.6 is 11.6 Å². The molecule has 3 amide bonds. The summed E-state index contributed by atoms with van der Waals surface area (Å²) in [5.74, 6) is 0.529. The van der Waals surface area contributed by atoms with Gasteiger partial charge in [-0.1, -0.05) is 11.6 Å². The summed E-state index contributed by atoms with van der Waals surface area (Å²) in [6.07, 6.45) is 0. The molecule has 0 fully saturated rings. The fourth-order valence-electron chi connectivity index (χ4n) is 2.45. The van der Waals surface area contributed by atoms with E-state index in [-0.39, 0.29) is 11.9 Å². The molecule has 0 saturated heterocycles. The van der Waals surface area contributed by atoms with Crippen LogP contribution in [-0.4, -0.2) is 25.1 Å². The second-order valence-corrected chi connectivity index (χ2v) is 5.72. The molecule has 0 aromatic heterocycles. The van der Waals surface area contributed by atoms with E-state index in [1.165, 1.54) is 6.92 Å². The second kappa shape index (κ2) is 6.80. The number of nitrogens with one attached hydrogen (secondary N) is 2. The Kier molecular flexibility index (Phi) is 4.57. The number of benzene rings is 2. The second-order valence-electron chi connectivity index (χ2n) is 5.29. The lowest BCUT2D eigenvalue weighted by Crippen LogP contribution is -2.36. The maximum absolute atomic E-state index is 12.0. The molecule has 124 valence electrons. The Labute approximate surface area is 144 Å². The van der Waals surface area contributed by atoms with Crippen LogP contribution in [0.1, 0.15) is 6.92 Å². The minimum Gasteiger partial charge on any atom is -0.489 e. The number of rotatable bonds is 2. The summed E-state index contributed by atoms with van der Waals surface area (Å²) in [5.41, 5.74) is 1.91. The zero-order chi connectivity index (χ0) is 17.1. The molecule has 24 heavy (non-hydrogen) atoms. The maximum Gasteiger partial charge on any atom is 0.323 e. The number of fused-ring (bicyclic) bond motifs is 1. The van der Waals surface area contributed by atoms with Crippen LogP contribution in [0.25, 0.3) is 0 Å². The van der Waals surface area contributed by atoms with Crippen molar-refractivity contribution in [3.63, 3.8) is 0 Å². The minimum atomic E-state index is -0.378. The van der Waals surface area contributed by atoms with Crippen molar-refractivity contribution in [1.82, 2.24) is 0 Å². The first-order valence-corrected chi connectivity index (χ1v) is 7.79. The molecule has 0 radical (unpaired) electrons. The normalized spacial score (nSPS) is 12.8. The van der Waals surface area contributed by atoms with E-state index in [1.54, 1.807) is 47.4 Å². The first-order valence-electron chi connectivity index (χ1n) is 7.41. The van der Waals surface area contributed by atoms with Gasteiger partial charge in [-0.3, -0.25) is 4.79 Å². The zero-order valence-corrected chi connectivity index (χ0v) is 13.8. The topological polar surface area (TPSA) is 70.7 Å². The molecule has 1 heterocycles. The Hall–Kier alpha value is -2.73. The molecule has 0 spiro atoms. The van der Waals surface area contributed by atoms with Crippen molar-refractivity contribution < 1.29 is 14.3 Å². The van der Waals surface area contributed by atoms with E-state index in [9.17, 15) is 9.59 Å². The Bertz CT molecular complexity index is 777. The zero-order valence-electron chi connectivity index (χ0n) is 13.0. The van der Waals surface area contributed by atoms with Crippen molar-refractivity contribution in [3.8, 4) is 5.75 Å². The van der Waals surface area contributed by atoms with Gasteiger partial charge in [0.1, 0.15) is 12.4 Å². The van der Waals surface area contributed by atoms with Crippen molar-refractivity contribution >= 4 is 40.6 Å². The lowest BCUT2D eigenvalue weighted by molar-refractivity contribution is -0.116. The number of hydrogen-bond acceptors (Lipinski definition) is 3. The predicted octanol–water partition coefficient (Wildman–Crippen LogP) is 3.73. The number of hydrogen-bond donors (Lipinski definition) is 2. The fourth-order valence-corrected chi connectivity index (χ4v) is 2.58. The van der Waals surface area contributed by atoms with Gasteiger partial charge in [0.15, 0.2) is 0 Å². The van der Waals surface area contributed by atoms with Gasteiger partial charge in [-0.2, -0.15) is 0 Å². The highest BCUT2D eigenvalue weighted by Gasteiger charge is 2.21. The average Bonchev–Trinajstić information content (AvgIpc) is 2.56. The van der Waals surface area contributed by atoms with Gasteiger partial charge < -0.3 is 20.3 Å². The summed E-state index contributed by atoms with van der Waals surface area (Å²) < 4.78 is 5.58. The lowest BCUT2D eigenvalue weighted by atomic mass is 10.2. The fraction of sp³-hybridized carbons (Fsp3) is 0.176. The molecular weight excluding hydrogens is 330 g/mol. The van der Waals surface area contributed by atoms with Gasteiger partial charge in [0.05, 0.1) is 12.2 Å². The van der Waals surface area contributed by atoms with Gasteiger partial charge in [-0.25, -0.2) is 4.79 Å². The highest BCUT2D eigenvalue weighted by Crippen LogP contribution is 2.34. The molecule has 7 heteroatoms. The minimum absolute atomic E-state index is 0.0410. The van der Waals surface area contributed by atoms with Crippen LogP contribution < -0.4 is 20.3 Å². The number of ether oxygens (including phenoxy) is 1. The summed E-state index contributed by atoms with van der Waals surface area (Å²) in [6, 6.07) is 11.6. The van der Waals surface area contributed by atoms with Gasteiger partial charge in [0, 0.05) is 29.4 Å². The molecule has 0 aliphatic carbocycles. The monoisotopic (exact) mass is 345 g/mol. The third-order valence-corrected chi connectivity index (χ3v) is 3.82. The van der Waals surface area contributed by atoms with Crippen LogP contribution in [-0.2, 0) is 4.79 Å². The summed E-state index contributed by atoms with van der Waals surface area (Å²) in [7, 11) is 0. The molecule has 0 unspecified atom stereocenters. The highest BCUT2D eigenvalue weighted by molar-refractivity contribution is 6.30. The van der Waals surface area contributed by atoms with Crippen molar-refractivity contribution in [2.45, 2.75) is 6.92 Å². The van der Waals surface area contributed by atoms with E-state index in [2.05, 4.69) is 10.6 Å². The number of carbonyl (C=O) groups excluding carboxylic acids is 2. The van der Waals surface area contributed by atoms with Crippen LogP contribution in [0.15, 0.2) is 42.5 Å². The SMILES string of the molecule is CC(=O)N1CCOc2cc(NC(=O)Nc3ccc(Cl)cc3)ccc21. The first-order chi connectivity index (χ1) is 11.5. The lowest BCUT2D eigenvalue weighted by Gasteiger charge is -2.29. The van der Waals surface area contributed by atoms with Gasteiger partial charge in [0.25, 0.3) is 0 Å². The van der Waals surface area contributed by atoms with Gasteiger partial charge in [-0.05, 0) is 36.4 Å². The van der Waals surface area contributed by atoms with E-state index in [0.29, 0.717) is 41.0 Å². The molecule has 1 aliphatic heterocycles. The van der Waals surface area contributed by atoms with E-state index < -0.39 is 0 Å². The summed E-state index contributed by atoms with van der Waals surface area (Å²) in [6.45, 7) is 2.46. The van der Waals surface area contributed by atoms with Crippen LogP contribution in [0.2, 0.25) is 5.02 Å². The van der Waals surface area contributed by atoms with E-state index in [0.717, 1.165) is 0 Å². The van der Waals surface area contributed by atoms with Crippen molar-refractivity contribution in [1.29, 1.82) is 0 Å². The average molecular weight is 346 g/mol.